The monoisotopic (exact) mass is 317 g/mol. The third-order valence-electron chi connectivity index (χ3n) is 3.36. The summed E-state index contributed by atoms with van der Waals surface area (Å²) in [5.74, 6) is 0. The zero-order valence-electron chi connectivity index (χ0n) is 11.7. The minimum atomic E-state index is -4.35. The van der Waals surface area contributed by atoms with E-state index in [9.17, 15) is 13.2 Å². The molecule has 116 valence electrons. The summed E-state index contributed by atoms with van der Waals surface area (Å²) in [6.45, 7) is 0.359. The van der Waals surface area contributed by atoms with E-state index in [1.54, 1.807) is 22.9 Å². The molecule has 0 aliphatic rings. The molecule has 0 radical (unpaired) electrons. The van der Waals surface area contributed by atoms with Crippen molar-refractivity contribution in [1.82, 2.24) is 20.0 Å². The average Bonchev–Trinajstić information content (AvgIpc) is 3.14. The minimum Gasteiger partial charge on any atom is -0.342 e. The molecule has 23 heavy (non-hydrogen) atoms. The Kier molecular flexibility index (Phi) is 3.62. The van der Waals surface area contributed by atoms with Gasteiger partial charge in [-0.15, -0.1) is 5.10 Å². The Morgan fingerprint density at radius 1 is 1.13 bits per heavy atom. The second-order valence-electron chi connectivity index (χ2n) is 4.85. The quantitative estimate of drug-likeness (QED) is 0.806. The van der Waals surface area contributed by atoms with E-state index < -0.39 is 11.7 Å². The maximum absolute atomic E-state index is 12.6. The standard InChI is InChI=1S/C15H10F3N5/c16-15(17,18)11-5-3-10(4-6-11)9-23-7-1-2-13(23)14-12(8-19)20-22-21-14/h1-7H,9H2,(H,20,21,22). The van der Waals surface area contributed by atoms with Crippen molar-refractivity contribution in [2.24, 2.45) is 0 Å². The van der Waals surface area contributed by atoms with Gasteiger partial charge in [0.2, 0.25) is 0 Å². The molecule has 2 heterocycles. The number of nitriles is 1. The molecule has 0 atom stereocenters. The number of alkyl halides is 3. The molecule has 3 aromatic rings. The zero-order chi connectivity index (χ0) is 16.4. The van der Waals surface area contributed by atoms with Crippen LogP contribution in [0.2, 0.25) is 0 Å². The predicted octanol–water partition coefficient (Wildman–Crippen LogP) is 3.21. The summed E-state index contributed by atoms with van der Waals surface area (Å²) in [5, 5.41) is 19.1. The number of hydrogen-bond donors (Lipinski definition) is 1. The van der Waals surface area contributed by atoms with Crippen LogP contribution >= 0.6 is 0 Å². The van der Waals surface area contributed by atoms with Gasteiger partial charge in [-0.3, -0.25) is 0 Å². The van der Waals surface area contributed by atoms with Crippen LogP contribution in [0.5, 0.6) is 0 Å². The Morgan fingerprint density at radius 3 is 2.52 bits per heavy atom. The Bertz CT molecular complexity index is 852. The molecule has 0 aliphatic carbocycles. The van der Waals surface area contributed by atoms with Crippen LogP contribution in [-0.2, 0) is 12.7 Å². The fourth-order valence-electron chi connectivity index (χ4n) is 2.25. The normalized spacial score (nSPS) is 11.4. The second-order valence-corrected chi connectivity index (χ2v) is 4.85. The lowest BCUT2D eigenvalue weighted by atomic mass is 10.1. The molecule has 0 unspecified atom stereocenters. The molecule has 1 aromatic carbocycles. The minimum absolute atomic E-state index is 0.164. The summed E-state index contributed by atoms with van der Waals surface area (Å²) >= 11 is 0. The van der Waals surface area contributed by atoms with Gasteiger partial charge in [0.05, 0.1) is 11.3 Å². The van der Waals surface area contributed by atoms with Gasteiger partial charge in [-0.05, 0) is 29.8 Å². The lowest BCUT2D eigenvalue weighted by Crippen LogP contribution is -2.06. The van der Waals surface area contributed by atoms with Crippen LogP contribution in [-0.4, -0.2) is 20.0 Å². The number of aromatic amines is 1. The van der Waals surface area contributed by atoms with Crippen LogP contribution in [0.25, 0.3) is 11.4 Å². The van der Waals surface area contributed by atoms with Crippen LogP contribution in [0.15, 0.2) is 42.6 Å². The highest BCUT2D eigenvalue weighted by Crippen LogP contribution is 2.29. The maximum atomic E-state index is 12.6. The predicted molar refractivity (Wildman–Crippen MR) is 75.1 cm³/mol. The molecule has 0 saturated carbocycles. The largest absolute Gasteiger partial charge is 0.416 e. The van der Waals surface area contributed by atoms with E-state index in [1.807, 2.05) is 6.07 Å². The number of aromatic nitrogens is 4. The molecule has 8 heteroatoms. The van der Waals surface area contributed by atoms with Crippen LogP contribution in [0.4, 0.5) is 13.2 Å². The molecular weight excluding hydrogens is 307 g/mol. The van der Waals surface area contributed by atoms with Crippen molar-refractivity contribution in [3.05, 3.63) is 59.4 Å². The maximum Gasteiger partial charge on any atom is 0.416 e. The summed E-state index contributed by atoms with van der Waals surface area (Å²) in [5.41, 5.74) is 1.26. The summed E-state index contributed by atoms with van der Waals surface area (Å²) in [4.78, 5) is 0. The molecule has 2 aromatic heterocycles. The van der Waals surface area contributed by atoms with Gasteiger partial charge in [0.15, 0.2) is 5.69 Å². The van der Waals surface area contributed by atoms with Crippen LogP contribution in [0, 0.1) is 11.3 Å². The van der Waals surface area contributed by atoms with Crippen molar-refractivity contribution in [3.63, 3.8) is 0 Å². The molecule has 3 rings (SSSR count). The topological polar surface area (TPSA) is 70.3 Å². The molecule has 0 bridgehead atoms. The first-order valence-corrected chi connectivity index (χ1v) is 6.61. The number of nitrogens with one attached hydrogen (secondary N) is 1. The number of rotatable bonds is 3. The van der Waals surface area contributed by atoms with Gasteiger partial charge < -0.3 is 4.57 Å². The van der Waals surface area contributed by atoms with E-state index in [0.717, 1.165) is 12.1 Å². The van der Waals surface area contributed by atoms with Crippen molar-refractivity contribution in [2.75, 3.05) is 0 Å². The molecular formula is C15H10F3N5. The van der Waals surface area contributed by atoms with Gasteiger partial charge in [-0.2, -0.15) is 28.7 Å². The first-order chi connectivity index (χ1) is 11.0. The molecule has 5 nitrogen and oxygen atoms in total. The Balaban J connectivity index is 1.88. The highest BCUT2D eigenvalue weighted by atomic mass is 19.4. The second kappa shape index (κ2) is 5.61. The first kappa shape index (κ1) is 14.8. The van der Waals surface area contributed by atoms with E-state index in [4.69, 9.17) is 5.26 Å². The van der Waals surface area contributed by atoms with E-state index in [0.29, 0.717) is 23.5 Å². The van der Waals surface area contributed by atoms with Crippen molar-refractivity contribution in [2.45, 2.75) is 12.7 Å². The van der Waals surface area contributed by atoms with E-state index in [1.165, 1.54) is 12.1 Å². The van der Waals surface area contributed by atoms with Crippen LogP contribution in [0.3, 0.4) is 0 Å². The number of nitrogens with zero attached hydrogens (tertiary/aromatic N) is 4. The average molecular weight is 317 g/mol. The van der Waals surface area contributed by atoms with Crippen molar-refractivity contribution in [3.8, 4) is 17.5 Å². The van der Waals surface area contributed by atoms with Gasteiger partial charge in [0.1, 0.15) is 11.8 Å². The Morgan fingerprint density at radius 2 is 1.87 bits per heavy atom. The molecule has 0 amide bonds. The number of benzene rings is 1. The molecule has 0 spiro atoms. The summed E-state index contributed by atoms with van der Waals surface area (Å²) < 4.78 is 39.5. The smallest absolute Gasteiger partial charge is 0.342 e. The summed E-state index contributed by atoms with van der Waals surface area (Å²) in [6, 6.07) is 10.4. The third kappa shape index (κ3) is 2.94. The zero-order valence-corrected chi connectivity index (χ0v) is 11.7. The number of hydrogen-bond acceptors (Lipinski definition) is 3. The highest BCUT2D eigenvalue weighted by Gasteiger charge is 2.29. The van der Waals surface area contributed by atoms with E-state index >= 15 is 0 Å². The Labute approximate surface area is 129 Å². The third-order valence-corrected chi connectivity index (χ3v) is 3.36. The van der Waals surface area contributed by atoms with E-state index in [-0.39, 0.29) is 5.69 Å². The molecule has 1 N–H and O–H groups in total. The van der Waals surface area contributed by atoms with Gasteiger partial charge in [0, 0.05) is 12.7 Å². The summed E-state index contributed by atoms with van der Waals surface area (Å²) in [7, 11) is 0. The van der Waals surface area contributed by atoms with Crippen LogP contribution < -0.4 is 0 Å². The molecule has 0 aliphatic heterocycles. The number of halogens is 3. The van der Waals surface area contributed by atoms with Crippen LogP contribution in [0.1, 0.15) is 16.8 Å². The summed E-state index contributed by atoms with van der Waals surface area (Å²) in [6.07, 6.45) is -2.58. The fraction of sp³-hybridized carbons (Fsp3) is 0.133. The lowest BCUT2D eigenvalue weighted by Gasteiger charge is -2.10. The van der Waals surface area contributed by atoms with Gasteiger partial charge in [0.25, 0.3) is 0 Å². The molecule has 0 saturated heterocycles. The van der Waals surface area contributed by atoms with Gasteiger partial charge >= 0.3 is 6.18 Å². The Hall–Kier alpha value is -3.08. The van der Waals surface area contributed by atoms with Crippen molar-refractivity contribution < 1.29 is 13.2 Å². The van der Waals surface area contributed by atoms with Crippen molar-refractivity contribution in [1.29, 1.82) is 5.26 Å². The SMILES string of the molecule is N#Cc1n[nH]nc1-c1cccn1Cc1ccc(C(F)(F)F)cc1. The van der Waals surface area contributed by atoms with Crippen molar-refractivity contribution >= 4 is 0 Å². The fourth-order valence-corrected chi connectivity index (χ4v) is 2.25. The first-order valence-electron chi connectivity index (χ1n) is 6.61. The van der Waals surface area contributed by atoms with Gasteiger partial charge in [-0.1, -0.05) is 12.1 Å². The van der Waals surface area contributed by atoms with E-state index in [2.05, 4.69) is 15.4 Å². The lowest BCUT2D eigenvalue weighted by molar-refractivity contribution is -0.137. The van der Waals surface area contributed by atoms with Gasteiger partial charge in [-0.25, -0.2) is 0 Å². The number of H-pyrrole nitrogens is 1. The molecule has 0 fully saturated rings. The highest BCUT2D eigenvalue weighted by molar-refractivity contribution is 5.61.